The number of hydrogen-bond acceptors (Lipinski definition) is 5. The zero-order valence-corrected chi connectivity index (χ0v) is 14.4. The first kappa shape index (κ1) is 17.5. The van der Waals surface area contributed by atoms with Crippen molar-refractivity contribution in [3.8, 4) is 5.75 Å². The standard InChI is InChI=1S/C20H19NO5/c1-24-19(22)10-15-9-16-11-17(7-8-18(16)25-13-15)21-20(23)26-12-14-5-3-2-4-6-14/h2-9,11H,10,12-13H2,1H3,(H,21,23). The maximum absolute atomic E-state index is 12.0. The van der Waals surface area contributed by atoms with Gasteiger partial charge in [-0.15, -0.1) is 0 Å². The molecule has 6 nitrogen and oxygen atoms in total. The quantitative estimate of drug-likeness (QED) is 0.828. The van der Waals surface area contributed by atoms with Crippen molar-refractivity contribution in [1.29, 1.82) is 0 Å². The summed E-state index contributed by atoms with van der Waals surface area (Å²) in [6, 6.07) is 14.7. The molecule has 0 spiro atoms. The van der Waals surface area contributed by atoms with Crippen molar-refractivity contribution in [3.05, 3.63) is 65.2 Å². The summed E-state index contributed by atoms with van der Waals surface area (Å²) >= 11 is 0. The van der Waals surface area contributed by atoms with Gasteiger partial charge in [-0.05, 0) is 35.4 Å². The molecule has 1 amide bonds. The van der Waals surface area contributed by atoms with Crippen LogP contribution in [-0.2, 0) is 20.9 Å². The van der Waals surface area contributed by atoms with Crippen molar-refractivity contribution in [3.63, 3.8) is 0 Å². The number of ether oxygens (including phenoxy) is 3. The van der Waals surface area contributed by atoms with E-state index in [9.17, 15) is 9.59 Å². The number of esters is 1. The van der Waals surface area contributed by atoms with Crippen LogP contribution in [0.2, 0.25) is 0 Å². The number of carbonyl (C=O) groups is 2. The molecule has 0 saturated heterocycles. The number of benzene rings is 2. The predicted molar refractivity (Wildman–Crippen MR) is 96.8 cm³/mol. The molecule has 0 aliphatic carbocycles. The topological polar surface area (TPSA) is 73.9 Å². The number of hydrogen-bond donors (Lipinski definition) is 1. The number of anilines is 1. The van der Waals surface area contributed by atoms with Crippen LogP contribution in [0.5, 0.6) is 5.75 Å². The Bertz CT molecular complexity index is 829. The minimum absolute atomic E-state index is 0.173. The minimum atomic E-state index is -0.538. The largest absolute Gasteiger partial charge is 0.489 e. The highest BCUT2D eigenvalue weighted by Crippen LogP contribution is 2.30. The third-order valence-corrected chi connectivity index (χ3v) is 3.84. The highest BCUT2D eigenvalue weighted by Gasteiger charge is 2.15. The molecule has 0 radical (unpaired) electrons. The van der Waals surface area contributed by atoms with Gasteiger partial charge in [-0.1, -0.05) is 30.3 Å². The fourth-order valence-electron chi connectivity index (χ4n) is 2.54. The molecule has 26 heavy (non-hydrogen) atoms. The predicted octanol–water partition coefficient (Wildman–Crippen LogP) is 3.77. The first-order chi connectivity index (χ1) is 12.6. The summed E-state index contributed by atoms with van der Waals surface area (Å²) in [6.07, 6.45) is 1.51. The van der Waals surface area contributed by atoms with Gasteiger partial charge in [0.25, 0.3) is 0 Å². The maximum atomic E-state index is 12.0. The van der Waals surface area contributed by atoms with E-state index in [0.29, 0.717) is 18.0 Å². The SMILES string of the molecule is COC(=O)CC1=Cc2cc(NC(=O)OCc3ccccc3)ccc2OC1. The minimum Gasteiger partial charge on any atom is -0.489 e. The fraction of sp³-hybridized carbons (Fsp3) is 0.200. The van der Waals surface area contributed by atoms with Crippen molar-refractivity contribution >= 4 is 23.8 Å². The molecule has 0 atom stereocenters. The lowest BCUT2D eigenvalue weighted by molar-refractivity contribution is -0.139. The molecule has 134 valence electrons. The lowest BCUT2D eigenvalue weighted by atomic mass is 10.0. The van der Waals surface area contributed by atoms with Crippen LogP contribution in [0.3, 0.4) is 0 Å². The molecular weight excluding hydrogens is 334 g/mol. The third-order valence-electron chi connectivity index (χ3n) is 3.84. The Hall–Kier alpha value is -3.28. The van der Waals surface area contributed by atoms with E-state index in [0.717, 1.165) is 16.7 Å². The summed E-state index contributed by atoms with van der Waals surface area (Å²) in [6.45, 7) is 0.540. The average molecular weight is 353 g/mol. The van der Waals surface area contributed by atoms with Gasteiger partial charge in [-0.25, -0.2) is 4.79 Å². The van der Waals surface area contributed by atoms with Crippen LogP contribution in [0, 0.1) is 0 Å². The summed E-state index contributed by atoms with van der Waals surface area (Å²) in [5, 5.41) is 2.69. The zero-order chi connectivity index (χ0) is 18.4. The molecule has 6 heteroatoms. The van der Waals surface area contributed by atoms with Crippen LogP contribution in [-0.4, -0.2) is 25.8 Å². The molecule has 1 heterocycles. The maximum Gasteiger partial charge on any atom is 0.411 e. The van der Waals surface area contributed by atoms with Crippen LogP contribution >= 0.6 is 0 Å². The van der Waals surface area contributed by atoms with Crippen molar-refractivity contribution < 1.29 is 23.8 Å². The smallest absolute Gasteiger partial charge is 0.411 e. The van der Waals surface area contributed by atoms with E-state index >= 15 is 0 Å². The Balaban J connectivity index is 1.62. The number of amides is 1. The van der Waals surface area contributed by atoms with Crippen molar-refractivity contribution in [2.24, 2.45) is 0 Å². The summed E-state index contributed by atoms with van der Waals surface area (Å²) in [5.41, 5.74) is 3.10. The monoisotopic (exact) mass is 353 g/mol. The molecule has 0 aromatic heterocycles. The summed E-state index contributed by atoms with van der Waals surface area (Å²) in [5.74, 6) is 0.379. The van der Waals surface area contributed by atoms with Crippen molar-refractivity contribution in [1.82, 2.24) is 0 Å². The Morgan fingerprint density at radius 1 is 1.15 bits per heavy atom. The number of carbonyl (C=O) groups excluding carboxylic acids is 2. The number of rotatable bonds is 5. The van der Waals surface area contributed by atoms with E-state index < -0.39 is 6.09 Å². The third kappa shape index (κ3) is 4.63. The van der Waals surface area contributed by atoms with Gasteiger partial charge in [0.1, 0.15) is 19.0 Å². The number of nitrogens with one attached hydrogen (secondary N) is 1. The van der Waals surface area contributed by atoms with Crippen molar-refractivity contribution in [2.45, 2.75) is 13.0 Å². The van der Waals surface area contributed by atoms with E-state index in [1.165, 1.54) is 7.11 Å². The second kappa shape index (κ2) is 8.20. The van der Waals surface area contributed by atoms with Gasteiger partial charge < -0.3 is 14.2 Å². The molecule has 2 aromatic carbocycles. The van der Waals surface area contributed by atoms with Crippen LogP contribution in [0.1, 0.15) is 17.5 Å². The van der Waals surface area contributed by atoms with Crippen LogP contribution < -0.4 is 10.1 Å². The second-order valence-electron chi connectivity index (χ2n) is 5.78. The summed E-state index contributed by atoms with van der Waals surface area (Å²) in [4.78, 5) is 23.4. The Morgan fingerprint density at radius 2 is 1.96 bits per heavy atom. The molecular formula is C20H19NO5. The molecule has 0 fully saturated rings. The molecule has 2 aromatic rings. The van der Waals surface area contributed by atoms with E-state index in [2.05, 4.69) is 10.1 Å². The van der Waals surface area contributed by atoms with Gasteiger partial charge in [0.2, 0.25) is 0 Å². The summed E-state index contributed by atoms with van der Waals surface area (Å²) < 4.78 is 15.5. The van der Waals surface area contributed by atoms with Gasteiger partial charge in [0, 0.05) is 11.3 Å². The normalized spacial score (nSPS) is 12.3. The van der Waals surface area contributed by atoms with Gasteiger partial charge in [0.15, 0.2) is 0 Å². The van der Waals surface area contributed by atoms with Crippen LogP contribution in [0.15, 0.2) is 54.1 Å². The number of methoxy groups -OCH3 is 1. The van der Waals surface area contributed by atoms with E-state index in [-0.39, 0.29) is 19.0 Å². The molecule has 0 saturated carbocycles. The fourth-order valence-corrected chi connectivity index (χ4v) is 2.54. The molecule has 1 aliphatic heterocycles. The van der Waals surface area contributed by atoms with Crippen molar-refractivity contribution in [2.75, 3.05) is 19.0 Å². The lowest BCUT2D eigenvalue weighted by Crippen LogP contribution is -2.15. The van der Waals surface area contributed by atoms with Crippen LogP contribution in [0.25, 0.3) is 6.08 Å². The molecule has 0 bridgehead atoms. The average Bonchev–Trinajstić information content (AvgIpc) is 2.67. The zero-order valence-electron chi connectivity index (χ0n) is 14.4. The lowest BCUT2D eigenvalue weighted by Gasteiger charge is -2.18. The van der Waals surface area contributed by atoms with Gasteiger partial charge in [-0.2, -0.15) is 0 Å². The van der Waals surface area contributed by atoms with Gasteiger partial charge >= 0.3 is 12.1 Å². The molecule has 1 aliphatic rings. The Morgan fingerprint density at radius 3 is 2.73 bits per heavy atom. The number of fused-ring (bicyclic) bond motifs is 1. The Labute approximate surface area is 151 Å². The first-order valence-electron chi connectivity index (χ1n) is 8.15. The molecule has 1 N–H and O–H groups in total. The van der Waals surface area contributed by atoms with E-state index in [1.54, 1.807) is 18.2 Å². The van der Waals surface area contributed by atoms with Gasteiger partial charge in [0.05, 0.1) is 13.5 Å². The first-order valence-corrected chi connectivity index (χ1v) is 8.15. The second-order valence-corrected chi connectivity index (χ2v) is 5.78. The van der Waals surface area contributed by atoms with E-state index in [4.69, 9.17) is 9.47 Å². The highest BCUT2D eigenvalue weighted by atomic mass is 16.5. The molecule has 3 rings (SSSR count). The summed E-state index contributed by atoms with van der Waals surface area (Å²) in [7, 11) is 1.35. The molecule has 0 unspecified atom stereocenters. The highest BCUT2D eigenvalue weighted by molar-refractivity contribution is 5.86. The Kier molecular flexibility index (Phi) is 5.53. The van der Waals surface area contributed by atoms with E-state index in [1.807, 2.05) is 36.4 Å². The van der Waals surface area contributed by atoms with Crippen LogP contribution in [0.4, 0.5) is 10.5 Å². The van der Waals surface area contributed by atoms with Gasteiger partial charge in [-0.3, -0.25) is 10.1 Å².